The molecule has 0 unspecified atom stereocenters. The molecular weight excluding hydrogens is 405 g/mol. The molecule has 0 atom stereocenters. The summed E-state index contributed by atoms with van der Waals surface area (Å²) in [5.74, 6) is 1.12. The van der Waals surface area contributed by atoms with Crippen LogP contribution in [0, 0.1) is 12.7 Å². The molecule has 0 amide bonds. The number of ether oxygens (including phenoxy) is 1. The highest BCUT2D eigenvalue weighted by Crippen LogP contribution is 2.34. The van der Waals surface area contributed by atoms with Crippen LogP contribution in [0.1, 0.15) is 36.5 Å². The van der Waals surface area contributed by atoms with Gasteiger partial charge in [-0.15, -0.1) is 0 Å². The molecule has 3 aromatic carbocycles. The average molecular weight is 429 g/mol. The van der Waals surface area contributed by atoms with Crippen LogP contribution in [0.2, 0.25) is 0 Å². The van der Waals surface area contributed by atoms with Crippen molar-refractivity contribution in [2.45, 2.75) is 26.7 Å². The van der Waals surface area contributed by atoms with Crippen molar-refractivity contribution in [2.24, 2.45) is 5.10 Å². The normalized spacial score (nSPS) is 11.6. The lowest BCUT2D eigenvalue weighted by molar-refractivity contribution is 0.407. The van der Waals surface area contributed by atoms with Crippen LogP contribution in [0.15, 0.2) is 70.6 Å². The van der Waals surface area contributed by atoms with Gasteiger partial charge in [0.05, 0.1) is 24.2 Å². The molecule has 1 aromatic heterocycles. The van der Waals surface area contributed by atoms with Gasteiger partial charge >= 0.3 is 0 Å². The third-order valence-electron chi connectivity index (χ3n) is 5.39. The van der Waals surface area contributed by atoms with Gasteiger partial charge in [-0.25, -0.2) is 9.37 Å². The Balaban J connectivity index is 1.98. The Hall–Kier alpha value is -3.80. The molecule has 0 saturated heterocycles. The quantitative estimate of drug-likeness (QED) is 0.392. The minimum Gasteiger partial charge on any atom is -0.496 e. The lowest BCUT2D eigenvalue weighted by Crippen LogP contribution is -2.20. The van der Waals surface area contributed by atoms with Gasteiger partial charge in [-0.05, 0) is 65.9 Å². The summed E-state index contributed by atoms with van der Waals surface area (Å²) in [7, 11) is 1.65. The molecule has 0 aliphatic rings. The van der Waals surface area contributed by atoms with E-state index in [4.69, 9.17) is 9.72 Å². The summed E-state index contributed by atoms with van der Waals surface area (Å²) < 4.78 is 20.1. The molecule has 0 saturated carbocycles. The zero-order valence-corrected chi connectivity index (χ0v) is 18.5. The fourth-order valence-electron chi connectivity index (χ4n) is 3.65. The average Bonchev–Trinajstić information content (AvgIpc) is 2.79. The van der Waals surface area contributed by atoms with Crippen molar-refractivity contribution < 1.29 is 9.13 Å². The van der Waals surface area contributed by atoms with Crippen molar-refractivity contribution in [3.8, 4) is 17.1 Å². The van der Waals surface area contributed by atoms with Crippen LogP contribution in [0.5, 0.6) is 5.75 Å². The van der Waals surface area contributed by atoms with E-state index < -0.39 is 0 Å². The fourth-order valence-corrected chi connectivity index (χ4v) is 3.65. The number of benzene rings is 3. The van der Waals surface area contributed by atoms with E-state index in [0.717, 1.165) is 22.4 Å². The van der Waals surface area contributed by atoms with Gasteiger partial charge in [-0.1, -0.05) is 38.1 Å². The van der Waals surface area contributed by atoms with E-state index in [1.54, 1.807) is 31.4 Å². The van der Waals surface area contributed by atoms with E-state index >= 15 is 0 Å². The Bertz CT molecular complexity index is 1370. The van der Waals surface area contributed by atoms with Gasteiger partial charge in [0.15, 0.2) is 5.82 Å². The summed E-state index contributed by atoms with van der Waals surface area (Å²) >= 11 is 0. The maximum atomic E-state index is 13.4. The predicted octanol–water partition coefficient (Wildman–Crippen LogP) is 5.53. The summed E-state index contributed by atoms with van der Waals surface area (Å²) in [5, 5.41) is 4.93. The third kappa shape index (κ3) is 4.04. The summed E-state index contributed by atoms with van der Waals surface area (Å²) in [6.45, 7) is 6.13. The summed E-state index contributed by atoms with van der Waals surface area (Å²) in [6.07, 6.45) is 1.53. The number of fused-ring (bicyclic) bond motifs is 1. The van der Waals surface area contributed by atoms with Crippen molar-refractivity contribution in [2.75, 3.05) is 7.11 Å². The molecule has 162 valence electrons. The lowest BCUT2D eigenvalue weighted by atomic mass is 9.96. The highest BCUT2D eigenvalue weighted by atomic mass is 19.1. The van der Waals surface area contributed by atoms with Gasteiger partial charge in [0.1, 0.15) is 11.6 Å². The van der Waals surface area contributed by atoms with Gasteiger partial charge in [0.2, 0.25) is 0 Å². The first-order valence-electron chi connectivity index (χ1n) is 10.4. The van der Waals surface area contributed by atoms with Crippen molar-refractivity contribution in [1.82, 2.24) is 9.66 Å². The number of halogens is 1. The Kier molecular flexibility index (Phi) is 5.86. The van der Waals surface area contributed by atoms with Crippen LogP contribution in [-0.4, -0.2) is 23.0 Å². The summed E-state index contributed by atoms with van der Waals surface area (Å²) in [6, 6.07) is 17.1. The number of aromatic nitrogens is 2. The number of aryl methyl sites for hydroxylation is 1. The van der Waals surface area contributed by atoms with Crippen molar-refractivity contribution in [1.29, 1.82) is 0 Å². The molecule has 0 aliphatic carbocycles. The Labute approximate surface area is 185 Å². The van der Waals surface area contributed by atoms with E-state index in [2.05, 4.69) is 18.9 Å². The first kappa shape index (κ1) is 21.4. The molecule has 32 heavy (non-hydrogen) atoms. The Morgan fingerprint density at radius 3 is 2.50 bits per heavy atom. The highest BCUT2D eigenvalue weighted by Gasteiger charge is 2.18. The standard InChI is InChI=1S/C26H24FN3O2/c1-16(2)21-14-22(17(3)13-24(21)32-4)25-29-23-8-6-5-7-20(23)26(31)30(25)28-15-18-9-11-19(27)12-10-18/h5-16H,1-4H3. The van der Waals surface area contributed by atoms with E-state index in [-0.39, 0.29) is 17.3 Å². The first-order valence-corrected chi connectivity index (χ1v) is 10.4. The summed E-state index contributed by atoms with van der Waals surface area (Å²) in [4.78, 5) is 18.2. The summed E-state index contributed by atoms with van der Waals surface area (Å²) in [5.41, 5.74) is 3.73. The van der Waals surface area contributed by atoms with Crippen LogP contribution < -0.4 is 10.3 Å². The van der Waals surface area contributed by atoms with E-state index in [1.165, 1.54) is 23.0 Å². The van der Waals surface area contributed by atoms with Gasteiger partial charge in [0, 0.05) is 5.56 Å². The van der Waals surface area contributed by atoms with Crippen molar-refractivity contribution >= 4 is 17.1 Å². The third-order valence-corrected chi connectivity index (χ3v) is 5.39. The number of rotatable bonds is 5. The topological polar surface area (TPSA) is 56.5 Å². The molecule has 0 fully saturated rings. The van der Waals surface area contributed by atoms with Crippen LogP contribution in [0.4, 0.5) is 4.39 Å². The van der Waals surface area contributed by atoms with Gasteiger partial charge < -0.3 is 4.74 Å². The minimum atomic E-state index is -0.331. The zero-order chi connectivity index (χ0) is 22.8. The number of hydrogen-bond acceptors (Lipinski definition) is 4. The molecule has 0 spiro atoms. The molecule has 0 N–H and O–H groups in total. The van der Waals surface area contributed by atoms with E-state index in [9.17, 15) is 9.18 Å². The fraction of sp³-hybridized carbons (Fsp3) is 0.192. The molecule has 5 nitrogen and oxygen atoms in total. The second kappa shape index (κ2) is 8.75. The zero-order valence-electron chi connectivity index (χ0n) is 18.5. The van der Waals surface area contributed by atoms with E-state index in [1.807, 2.05) is 31.2 Å². The van der Waals surface area contributed by atoms with Crippen molar-refractivity contribution in [3.05, 3.63) is 93.5 Å². The van der Waals surface area contributed by atoms with Gasteiger partial charge in [-0.2, -0.15) is 9.78 Å². The van der Waals surface area contributed by atoms with Crippen LogP contribution in [0.3, 0.4) is 0 Å². The van der Waals surface area contributed by atoms with E-state index in [0.29, 0.717) is 22.3 Å². The lowest BCUT2D eigenvalue weighted by Gasteiger charge is -2.17. The SMILES string of the molecule is COc1cc(C)c(-c2nc3ccccc3c(=O)n2N=Cc2ccc(F)cc2)cc1C(C)C. The molecular formula is C26H24FN3O2. The van der Waals surface area contributed by atoms with Crippen LogP contribution in [-0.2, 0) is 0 Å². The highest BCUT2D eigenvalue weighted by molar-refractivity contribution is 5.82. The predicted molar refractivity (Wildman–Crippen MR) is 126 cm³/mol. The maximum Gasteiger partial charge on any atom is 0.282 e. The second-order valence-corrected chi connectivity index (χ2v) is 7.93. The van der Waals surface area contributed by atoms with Crippen LogP contribution in [0.25, 0.3) is 22.3 Å². The Morgan fingerprint density at radius 2 is 1.81 bits per heavy atom. The Morgan fingerprint density at radius 1 is 1.09 bits per heavy atom. The van der Waals surface area contributed by atoms with Gasteiger partial charge in [-0.3, -0.25) is 4.79 Å². The molecule has 4 aromatic rings. The monoisotopic (exact) mass is 429 g/mol. The largest absolute Gasteiger partial charge is 0.496 e. The number of methoxy groups -OCH3 is 1. The minimum absolute atomic E-state index is 0.215. The number of para-hydroxylation sites is 1. The molecule has 0 radical (unpaired) electrons. The molecule has 6 heteroatoms. The number of hydrogen-bond donors (Lipinski definition) is 0. The van der Waals surface area contributed by atoms with Gasteiger partial charge in [0.25, 0.3) is 5.56 Å². The molecule has 0 bridgehead atoms. The molecule has 1 heterocycles. The maximum absolute atomic E-state index is 13.4. The second-order valence-electron chi connectivity index (χ2n) is 7.93. The van der Waals surface area contributed by atoms with Crippen molar-refractivity contribution in [3.63, 3.8) is 0 Å². The smallest absolute Gasteiger partial charge is 0.282 e. The first-order chi connectivity index (χ1) is 15.4. The molecule has 4 rings (SSSR count). The molecule has 0 aliphatic heterocycles. The number of nitrogens with zero attached hydrogens (tertiary/aromatic N) is 3. The van der Waals surface area contributed by atoms with Crippen LogP contribution >= 0.6 is 0 Å².